The summed E-state index contributed by atoms with van der Waals surface area (Å²) >= 11 is 0. The molecule has 3 heteroatoms. The van der Waals surface area contributed by atoms with Crippen LogP contribution in [0.15, 0.2) is 24.4 Å². The predicted octanol–water partition coefficient (Wildman–Crippen LogP) is 1.19. The molecule has 71 valence electrons. The van der Waals surface area contributed by atoms with E-state index in [1.54, 1.807) is 19.2 Å². The van der Waals surface area contributed by atoms with Gasteiger partial charge in [-0.05, 0) is 31.7 Å². The van der Waals surface area contributed by atoms with Crippen molar-refractivity contribution in [2.24, 2.45) is 0 Å². The molecular formula is C10H14NO2. The SMILES string of the molecule is [CH2]CC1(C(=O)OCC)C=CC=CN1. The molecule has 0 aromatic rings. The molecule has 0 spiro atoms. The minimum atomic E-state index is -0.759. The first-order valence-electron chi connectivity index (χ1n) is 4.33. The van der Waals surface area contributed by atoms with Crippen LogP contribution in [0.3, 0.4) is 0 Å². The third kappa shape index (κ3) is 1.91. The molecule has 3 nitrogen and oxygen atoms in total. The Kier molecular flexibility index (Phi) is 3.12. The summed E-state index contributed by atoms with van der Waals surface area (Å²) in [5, 5.41) is 2.96. The van der Waals surface area contributed by atoms with Crippen molar-refractivity contribution in [3.05, 3.63) is 31.4 Å². The highest BCUT2D eigenvalue weighted by atomic mass is 16.5. The third-order valence-electron chi connectivity index (χ3n) is 1.96. The third-order valence-corrected chi connectivity index (χ3v) is 1.96. The van der Waals surface area contributed by atoms with Gasteiger partial charge in [-0.25, -0.2) is 4.79 Å². The smallest absolute Gasteiger partial charge is 0.335 e. The van der Waals surface area contributed by atoms with Crippen LogP contribution in [0.5, 0.6) is 0 Å². The molecule has 1 radical (unpaired) electrons. The van der Waals surface area contributed by atoms with Gasteiger partial charge in [0.25, 0.3) is 0 Å². The Bertz CT molecular complexity index is 245. The zero-order valence-corrected chi connectivity index (χ0v) is 7.75. The van der Waals surface area contributed by atoms with E-state index in [0.717, 1.165) is 0 Å². The maximum Gasteiger partial charge on any atom is 0.335 e. The van der Waals surface area contributed by atoms with Crippen LogP contribution in [0.2, 0.25) is 0 Å². The number of esters is 1. The summed E-state index contributed by atoms with van der Waals surface area (Å²) in [5.74, 6) is -0.273. The zero-order chi connectivity index (χ0) is 9.73. The number of hydrogen-bond donors (Lipinski definition) is 1. The Labute approximate surface area is 78.5 Å². The normalized spacial score (nSPS) is 25.4. The van der Waals surface area contributed by atoms with E-state index in [4.69, 9.17) is 4.74 Å². The average Bonchev–Trinajstić information content (AvgIpc) is 2.19. The second-order valence-corrected chi connectivity index (χ2v) is 2.80. The molecule has 0 saturated carbocycles. The number of carbonyl (C=O) groups excluding carboxylic acids is 1. The highest BCUT2D eigenvalue weighted by molar-refractivity contribution is 5.84. The van der Waals surface area contributed by atoms with Crippen molar-refractivity contribution in [1.29, 1.82) is 0 Å². The van der Waals surface area contributed by atoms with E-state index < -0.39 is 5.54 Å². The first kappa shape index (κ1) is 9.84. The zero-order valence-electron chi connectivity index (χ0n) is 7.75. The number of hydrogen-bond acceptors (Lipinski definition) is 3. The molecule has 1 rings (SSSR count). The summed E-state index contributed by atoms with van der Waals surface area (Å²) in [6, 6.07) is 0. The number of ether oxygens (including phenoxy) is 1. The second-order valence-electron chi connectivity index (χ2n) is 2.80. The molecule has 0 saturated heterocycles. The fraction of sp³-hybridized carbons (Fsp3) is 0.400. The number of allylic oxidation sites excluding steroid dienone is 2. The monoisotopic (exact) mass is 180 g/mol. The standard InChI is InChI=1S/C10H14NO2/c1-3-10(9(12)13-4-2)7-5-6-8-11-10/h5-8,11H,1,3-4H2,2H3. The predicted molar refractivity (Wildman–Crippen MR) is 50.8 cm³/mol. The summed E-state index contributed by atoms with van der Waals surface area (Å²) in [4.78, 5) is 11.5. The minimum Gasteiger partial charge on any atom is -0.464 e. The molecular weight excluding hydrogens is 166 g/mol. The Hall–Kier alpha value is -1.25. The molecule has 1 unspecified atom stereocenters. The summed E-state index contributed by atoms with van der Waals surface area (Å²) < 4.78 is 4.95. The van der Waals surface area contributed by atoms with Crippen LogP contribution >= 0.6 is 0 Å². The topological polar surface area (TPSA) is 38.3 Å². The van der Waals surface area contributed by atoms with Crippen LogP contribution < -0.4 is 5.32 Å². The largest absolute Gasteiger partial charge is 0.464 e. The maximum atomic E-state index is 11.5. The lowest BCUT2D eigenvalue weighted by molar-refractivity contribution is -0.148. The molecule has 1 aliphatic rings. The highest BCUT2D eigenvalue weighted by Gasteiger charge is 2.35. The number of nitrogens with one attached hydrogen (secondary N) is 1. The van der Waals surface area contributed by atoms with Crippen LogP contribution in [0.4, 0.5) is 0 Å². The Morgan fingerprint density at radius 1 is 1.62 bits per heavy atom. The fourth-order valence-electron chi connectivity index (χ4n) is 1.16. The van der Waals surface area contributed by atoms with E-state index in [9.17, 15) is 4.79 Å². The molecule has 1 heterocycles. The van der Waals surface area contributed by atoms with Crippen molar-refractivity contribution in [2.75, 3.05) is 6.61 Å². The van der Waals surface area contributed by atoms with Gasteiger partial charge in [0.05, 0.1) is 6.61 Å². The van der Waals surface area contributed by atoms with Crippen molar-refractivity contribution >= 4 is 5.97 Å². The molecule has 0 aliphatic carbocycles. The lowest BCUT2D eigenvalue weighted by Crippen LogP contribution is -2.49. The van der Waals surface area contributed by atoms with Crippen LogP contribution in [-0.2, 0) is 9.53 Å². The number of carbonyl (C=O) groups is 1. The summed E-state index contributed by atoms with van der Waals surface area (Å²) in [5.41, 5.74) is -0.759. The van der Waals surface area contributed by atoms with E-state index in [1.807, 2.05) is 12.2 Å². The Morgan fingerprint density at radius 3 is 2.85 bits per heavy atom. The summed E-state index contributed by atoms with van der Waals surface area (Å²) in [6.07, 6.45) is 7.58. The van der Waals surface area contributed by atoms with Crippen molar-refractivity contribution in [3.8, 4) is 0 Å². The maximum absolute atomic E-state index is 11.5. The molecule has 0 bridgehead atoms. The first-order valence-corrected chi connectivity index (χ1v) is 4.33. The van der Waals surface area contributed by atoms with E-state index in [1.165, 1.54) is 0 Å². The number of rotatable bonds is 3. The molecule has 1 aliphatic heterocycles. The minimum absolute atomic E-state index is 0.273. The lowest BCUT2D eigenvalue weighted by atomic mass is 9.94. The summed E-state index contributed by atoms with van der Waals surface area (Å²) in [7, 11) is 0. The Balaban J connectivity index is 2.75. The van der Waals surface area contributed by atoms with Crippen LogP contribution in [0.25, 0.3) is 0 Å². The fourth-order valence-corrected chi connectivity index (χ4v) is 1.16. The van der Waals surface area contributed by atoms with Crippen LogP contribution in [-0.4, -0.2) is 18.1 Å². The highest BCUT2D eigenvalue weighted by Crippen LogP contribution is 2.17. The van der Waals surface area contributed by atoms with Gasteiger partial charge in [-0.15, -0.1) is 0 Å². The van der Waals surface area contributed by atoms with E-state index in [-0.39, 0.29) is 5.97 Å². The van der Waals surface area contributed by atoms with Crippen molar-refractivity contribution < 1.29 is 9.53 Å². The van der Waals surface area contributed by atoms with Crippen molar-refractivity contribution in [2.45, 2.75) is 18.9 Å². The molecule has 0 aromatic carbocycles. The molecule has 0 fully saturated rings. The van der Waals surface area contributed by atoms with Crippen LogP contribution in [0, 0.1) is 6.92 Å². The van der Waals surface area contributed by atoms with Gasteiger partial charge < -0.3 is 10.1 Å². The van der Waals surface area contributed by atoms with Gasteiger partial charge in [-0.2, -0.15) is 0 Å². The van der Waals surface area contributed by atoms with Gasteiger partial charge in [0, 0.05) is 0 Å². The molecule has 1 N–H and O–H groups in total. The second kappa shape index (κ2) is 4.12. The summed E-state index contributed by atoms with van der Waals surface area (Å²) in [6.45, 7) is 5.91. The molecule has 13 heavy (non-hydrogen) atoms. The molecule has 1 atom stereocenters. The molecule has 0 amide bonds. The number of dihydropyridines is 1. The van der Waals surface area contributed by atoms with E-state index in [0.29, 0.717) is 13.0 Å². The van der Waals surface area contributed by atoms with Gasteiger partial charge >= 0.3 is 5.97 Å². The quantitative estimate of drug-likeness (QED) is 0.663. The van der Waals surface area contributed by atoms with Gasteiger partial charge in [-0.3, -0.25) is 0 Å². The van der Waals surface area contributed by atoms with Gasteiger partial charge in [0.15, 0.2) is 5.54 Å². The lowest BCUT2D eigenvalue weighted by Gasteiger charge is -2.28. The van der Waals surface area contributed by atoms with Gasteiger partial charge in [0.1, 0.15) is 0 Å². The average molecular weight is 180 g/mol. The van der Waals surface area contributed by atoms with E-state index >= 15 is 0 Å². The van der Waals surface area contributed by atoms with Gasteiger partial charge in [-0.1, -0.05) is 13.0 Å². The first-order chi connectivity index (χ1) is 6.25. The van der Waals surface area contributed by atoms with Gasteiger partial charge in [0.2, 0.25) is 0 Å². The molecule has 0 aromatic heterocycles. The van der Waals surface area contributed by atoms with Crippen molar-refractivity contribution in [1.82, 2.24) is 5.32 Å². The Morgan fingerprint density at radius 2 is 2.38 bits per heavy atom. The van der Waals surface area contributed by atoms with Crippen molar-refractivity contribution in [3.63, 3.8) is 0 Å². The van der Waals surface area contributed by atoms with Crippen LogP contribution in [0.1, 0.15) is 13.3 Å². The van der Waals surface area contributed by atoms with E-state index in [2.05, 4.69) is 12.2 Å².